The first-order chi connectivity index (χ1) is 7.44. The molecule has 0 aliphatic carbocycles. The molecule has 16 heavy (non-hydrogen) atoms. The fourth-order valence-electron chi connectivity index (χ4n) is 3.08. The molecule has 0 radical (unpaired) electrons. The van der Waals surface area contributed by atoms with E-state index in [1.807, 2.05) is 0 Å². The summed E-state index contributed by atoms with van der Waals surface area (Å²) in [7, 11) is 2.32. The predicted octanol–water partition coefficient (Wildman–Crippen LogP) is 2.64. The Balaban J connectivity index is 1.79. The van der Waals surface area contributed by atoms with E-state index < -0.39 is 0 Å². The third kappa shape index (κ3) is 3.21. The highest BCUT2D eigenvalue weighted by Gasteiger charge is 2.34. The summed E-state index contributed by atoms with van der Waals surface area (Å²) in [6.07, 6.45) is 6.87. The van der Waals surface area contributed by atoms with Gasteiger partial charge in [0.2, 0.25) is 0 Å². The van der Waals surface area contributed by atoms with Crippen molar-refractivity contribution in [2.24, 2.45) is 5.41 Å². The van der Waals surface area contributed by atoms with Gasteiger partial charge in [-0.25, -0.2) is 0 Å². The standard InChI is InChI=1S/C14H28N2/c1-14(2,3)7-8-16(4)13-9-11-5-6-12(10-13)15-11/h11-13,15H,5-10H2,1-4H3. The Bertz CT molecular complexity index is 219. The van der Waals surface area contributed by atoms with Crippen molar-refractivity contribution >= 4 is 0 Å². The van der Waals surface area contributed by atoms with Gasteiger partial charge in [-0.15, -0.1) is 0 Å². The van der Waals surface area contributed by atoms with E-state index in [1.54, 1.807) is 0 Å². The molecule has 2 fully saturated rings. The molecule has 0 amide bonds. The topological polar surface area (TPSA) is 15.3 Å². The lowest BCUT2D eigenvalue weighted by Crippen LogP contribution is -2.47. The summed E-state index contributed by atoms with van der Waals surface area (Å²) in [5, 5.41) is 3.72. The molecule has 2 heteroatoms. The SMILES string of the molecule is CN(CCC(C)(C)C)C1CC2CCC(C1)N2. The molecular weight excluding hydrogens is 196 g/mol. The maximum Gasteiger partial charge on any atom is 0.0122 e. The van der Waals surface area contributed by atoms with Gasteiger partial charge in [0.25, 0.3) is 0 Å². The van der Waals surface area contributed by atoms with Gasteiger partial charge in [0.15, 0.2) is 0 Å². The average Bonchev–Trinajstić information content (AvgIpc) is 2.53. The van der Waals surface area contributed by atoms with Crippen molar-refractivity contribution < 1.29 is 0 Å². The largest absolute Gasteiger partial charge is 0.311 e. The Kier molecular flexibility index (Phi) is 3.60. The Morgan fingerprint density at radius 1 is 1.12 bits per heavy atom. The molecule has 0 aromatic carbocycles. The van der Waals surface area contributed by atoms with Crippen molar-refractivity contribution in [3.8, 4) is 0 Å². The first kappa shape index (κ1) is 12.4. The van der Waals surface area contributed by atoms with Gasteiger partial charge < -0.3 is 10.2 Å². The zero-order valence-electron chi connectivity index (χ0n) is 11.4. The molecule has 2 unspecified atom stereocenters. The van der Waals surface area contributed by atoms with E-state index >= 15 is 0 Å². The number of nitrogens with one attached hydrogen (secondary N) is 1. The normalized spacial score (nSPS) is 34.7. The maximum atomic E-state index is 3.72. The second-order valence-electron chi connectivity index (χ2n) is 7.05. The van der Waals surface area contributed by atoms with Crippen molar-refractivity contribution in [2.75, 3.05) is 13.6 Å². The van der Waals surface area contributed by atoms with Crippen LogP contribution in [0.1, 0.15) is 52.9 Å². The van der Waals surface area contributed by atoms with E-state index in [4.69, 9.17) is 0 Å². The van der Waals surface area contributed by atoms with Crippen LogP contribution in [-0.4, -0.2) is 36.6 Å². The molecule has 2 aliphatic rings. The number of piperidine rings is 1. The summed E-state index contributed by atoms with van der Waals surface area (Å²) in [6.45, 7) is 8.28. The third-order valence-electron chi connectivity index (χ3n) is 4.29. The summed E-state index contributed by atoms with van der Waals surface area (Å²) in [6, 6.07) is 2.47. The van der Waals surface area contributed by atoms with E-state index in [1.165, 1.54) is 38.6 Å². The van der Waals surface area contributed by atoms with E-state index in [2.05, 4.69) is 38.0 Å². The summed E-state index contributed by atoms with van der Waals surface area (Å²) >= 11 is 0. The van der Waals surface area contributed by atoms with Crippen molar-refractivity contribution in [2.45, 2.75) is 71.0 Å². The number of hydrogen-bond donors (Lipinski definition) is 1. The monoisotopic (exact) mass is 224 g/mol. The maximum absolute atomic E-state index is 3.72. The van der Waals surface area contributed by atoms with E-state index in [-0.39, 0.29) is 0 Å². The van der Waals surface area contributed by atoms with Gasteiger partial charge >= 0.3 is 0 Å². The molecule has 2 heterocycles. The fourth-order valence-corrected chi connectivity index (χ4v) is 3.08. The van der Waals surface area contributed by atoms with E-state index in [9.17, 15) is 0 Å². The van der Waals surface area contributed by atoms with Gasteiger partial charge in [0, 0.05) is 18.1 Å². The molecular formula is C14H28N2. The van der Waals surface area contributed by atoms with Gasteiger partial charge in [0.05, 0.1) is 0 Å². The zero-order chi connectivity index (χ0) is 11.8. The average molecular weight is 224 g/mol. The summed E-state index contributed by atoms with van der Waals surface area (Å²) in [5.74, 6) is 0. The highest BCUT2D eigenvalue weighted by molar-refractivity contribution is 4.95. The van der Waals surface area contributed by atoms with Crippen molar-refractivity contribution in [1.29, 1.82) is 0 Å². The van der Waals surface area contributed by atoms with Gasteiger partial charge in [-0.2, -0.15) is 0 Å². The van der Waals surface area contributed by atoms with Crippen LogP contribution in [0, 0.1) is 5.41 Å². The molecule has 2 bridgehead atoms. The predicted molar refractivity (Wildman–Crippen MR) is 69.7 cm³/mol. The second kappa shape index (κ2) is 4.66. The molecule has 0 aromatic rings. The van der Waals surface area contributed by atoms with Crippen LogP contribution in [0.5, 0.6) is 0 Å². The second-order valence-corrected chi connectivity index (χ2v) is 7.05. The quantitative estimate of drug-likeness (QED) is 0.793. The fraction of sp³-hybridized carbons (Fsp3) is 1.00. The van der Waals surface area contributed by atoms with E-state index in [0.29, 0.717) is 5.41 Å². The Morgan fingerprint density at radius 3 is 2.19 bits per heavy atom. The lowest BCUT2D eigenvalue weighted by Gasteiger charge is -2.36. The Hall–Kier alpha value is -0.0800. The van der Waals surface area contributed by atoms with Crippen molar-refractivity contribution in [3.63, 3.8) is 0 Å². The number of hydrogen-bond acceptors (Lipinski definition) is 2. The Morgan fingerprint density at radius 2 is 1.69 bits per heavy atom. The van der Waals surface area contributed by atoms with Crippen LogP contribution in [0.2, 0.25) is 0 Å². The lowest BCUT2D eigenvalue weighted by atomic mass is 9.91. The molecule has 0 spiro atoms. The minimum atomic E-state index is 0.472. The highest BCUT2D eigenvalue weighted by atomic mass is 15.2. The van der Waals surface area contributed by atoms with Crippen LogP contribution in [0.3, 0.4) is 0 Å². The molecule has 2 atom stereocenters. The molecule has 2 nitrogen and oxygen atoms in total. The van der Waals surface area contributed by atoms with Gasteiger partial charge in [-0.05, 0) is 51.1 Å². The first-order valence-electron chi connectivity index (χ1n) is 6.90. The third-order valence-corrected chi connectivity index (χ3v) is 4.29. The van der Waals surface area contributed by atoms with Crippen LogP contribution in [0.4, 0.5) is 0 Å². The minimum Gasteiger partial charge on any atom is -0.311 e. The molecule has 2 aliphatic heterocycles. The van der Waals surface area contributed by atoms with E-state index in [0.717, 1.165) is 18.1 Å². The van der Waals surface area contributed by atoms with Crippen LogP contribution in [0.15, 0.2) is 0 Å². The molecule has 1 N–H and O–H groups in total. The Labute approximate surface area is 101 Å². The molecule has 94 valence electrons. The summed E-state index contributed by atoms with van der Waals surface area (Å²) < 4.78 is 0. The highest BCUT2D eigenvalue weighted by Crippen LogP contribution is 2.30. The van der Waals surface area contributed by atoms with Crippen molar-refractivity contribution in [1.82, 2.24) is 10.2 Å². The number of rotatable bonds is 3. The van der Waals surface area contributed by atoms with Gasteiger partial charge in [-0.3, -0.25) is 0 Å². The first-order valence-corrected chi connectivity index (χ1v) is 6.90. The van der Waals surface area contributed by atoms with Crippen LogP contribution >= 0.6 is 0 Å². The zero-order valence-corrected chi connectivity index (χ0v) is 11.4. The smallest absolute Gasteiger partial charge is 0.0122 e. The number of nitrogens with zero attached hydrogens (tertiary/aromatic N) is 1. The van der Waals surface area contributed by atoms with Gasteiger partial charge in [0.1, 0.15) is 0 Å². The van der Waals surface area contributed by atoms with Crippen LogP contribution in [-0.2, 0) is 0 Å². The van der Waals surface area contributed by atoms with Crippen LogP contribution < -0.4 is 5.32 Å². The lowest BCUT2D eigenvalue weighted by molar-refractivity contribution is 0.154. The number of fused-ring (bicyclic) bond motifs is 2. The summed E-state index contributed by atoms with van der Waals surface area (Å²) in [4.78, 5) is 2.61. The molecule has 0 aromatic heterocycles. The molecule has 2 rings (SSSR count). The van der Waals surface area contributed by atoms with Crippen LogP contribution in [0.25, 0.3) is 0 Å². The summed E-state index contributed by atoms with van der Waals surface area (Å²) in [5.41, 5.74) is 0.472. The minimum absolute atomic E-state index is 0.472. The molecule has 0 saturated carbocycles. The van der Waals surface area contributed by atoms with Gasteiger partial charge in [-0.1, -0.05) is 20.8 Å². The van der Waals surface area contributed by atoms with Crippen molar-refractivity contribution in [3.05, 3.63) is 0 Å². The molecule has 2 saturated heterocycles.